The maximum Gasteiger partial charge on any atom is 0.338 e. The number of nitrogens with two attached hydrogens (primary N) is 1. The normalized spacial score (nSPS) is 10.7. The Bertz CT molecular complexity index is 1010. The standard InChI is InChI=1S/C23H25N3O3/c1-3-29-23(28)18-6-4-5-17(13-18)14-20-21(22(24)27)19(25-26-20)12-11-16-9-7-15(2)8-10-16/h4-10,13H,3,11-12,14H2,1-2H3,(H2,24,27)(H,25,26). The van der Waals surface area contributed by atoms with E-state index in [4.69, 9.17) is 10.5 Å². The van der Waals surface area contributed by atoms with Crippen LogP contribution in [0.25, 0.3) is 0 Å². The van der Waals surface area contributed by atoms with E-state index in [0.717, 1.165) is 12.0 Å². The number of nitrogens with zero attached hydrogens (tertiary/aromatic N) is 1. The monoisotopic (exact) mass is 391 g/mol. The summed E-state index contributed by atoms with van der Waals surface area (Å²) in [7, 11) is 0. The summed E-state index contributed by atoms with van der Waals surface area (Å²) in [4.78, 5) is 24.1. The Morgan fingerprint density at radius 2 is 1.83 bits per heavy atom. The fraction of sp³-hybridized carbons (Fsp3) is 0.261. The van der Waals surface area contributed by atoms with E-state index < -0.39 is 5.91 Å². The van der Waals surface area contributed by atoms with Crippen molar-refractivity contribution in [3.63, 3.8) is 0 Å². The third kappa shape index (κ3) is 5.10. The molecule has 3 rings (SSSR count). The molecule has 0 fully saturated rings. The second-order valence-corrected chi connectivity index (χ2v) is 6.97. The van der Waals surface area contributed by atoms with Crippen molar-refractivity contribution in [3.8, 4) is 0 Å². The number of carbonyl (C=O) groups excluding carboxylic acids is 2. The van der Waals surface area contributed by atoms with Gasteiger partial charge in [-0.15, -0.1) is 0 Å². The van der Waals surface area contributed by atoms with Gasteiger partial charge in [0.15, 0.2) is 0 Å². The van der Waals surface area contributed by atoms with Crippen molar-refractivity contribution in [3.05, 3.63) is 87.7 Å². The maximum absolute atomic E-state index is 12.1. The van der Waals surface area contributed by atoms with Crippen LogP contribution < -0.4 is 5.73 Å². The van der Waals surface area contributed by atoms with Gasteiger partial charge in [0.05, 0.1) is 29.1 Å². The number of primary amides is 1. The zero-order valence-corrected chi connectivity index (χ0v) is 16.7. The average molecular weight is 391 g/mol. The lowest BCUT2D eigenvalue weighted by molar-refractivity contribution is 0.0526. The van der Waals surface area contributed by atoms with Crippen molar-refractivity contribution in [2.24, 2.45) is 5.73 Å². The Labute approximate surface area is 170 Å². The predicted octanol–water partition coefficient (Wildman–Crippen LogP) is 3.37. The van der Waals surface area contributed by atoms with Gasteiger partial charge in [-0.05, 0) is 49.9 Å². The number of benzene rings is 2. The Hall–Kier alpha value is -3.41. The Morgan fingerprint density at radius 3 is 2.52 bits per heavy atom. The van der Waals surface area contributed by atoms with Crippen LogP contribution in [0.2, 0.25) is 0 Å². The number of ether oxygens (including phenoxy) is 1. The van der Waals surface area contributed by atoms with Crippen molar-refractivity contribution in [2.75, 3.05) is 6.61 Å². The first kappa shape index (κ1) is 20.3. The number of hydrogen-bond acceptors (Lipinski definition) is 4. The van der Waals surface area contributed by atoms with Gasteiger partial charge < -0.3 is 10.5 Å². The molecule has 0 aliphatic rings. The number of aryl methyl sites for hydroxylation is 3. The first-order chi connectivity index (χ1) is 14.0. The SMILES string of the molecule is CCOC(=O)c1cccc(Cc2[nH]nc(CCc3ccc(C)cc3)c2C(N)=O)c1. The van der Waals surface area contributed by atoms with Crippen LogP contribution in [0.1, 0.15) is 55.7 Å². The second kappa shape index (κ2) is 9.19. The largest absolute Gasteiger partial charge is 0.462 e. The van der Waals surface area contributed by atoms with Gasteiger partial charge in [0.25, 0.3) is 5.91 Å². The van der Waals surface area contributed by atoms with Crippen molar-refractivity contribution < 1.29 is 14.3 Å². The number of H-pyrrole nitrogens is 1. The van der Waals surface area contributed by atoms with Gasteiger partial charge in [-0.2, -0.15) is 5.10 Å². The molecule has 6 heteroatoms. The van der Waals surface area contributed by atoms with Gasteiger partial charge in [0.1, 0.15) is 0 Å². The topological polar surface area (TPSA) is 98.1 Å². The van der Waals surface area contributed by atoms with Crippen LogP contribution in [0.15, 0.2) is 48.5 Å². The molecule has 0 unspecified atom stereocenters. The second-order valence-electron chi connectivity index (χ2n) is 6.97. The van der Waals surface area contributed by atoms with E-state index >= 15 is 0 Å². The van der Waals surface area contributed by atoms with E-state index in [2.05, 4.69) is 34.5 Å². The van der Waals surface area contributed by atoms with Crippen LogP contribution in [-0.4, -0.2) is 28.7 Å². The summed E-state index contributed by atoms with van der Waals surface area (Å²) in [5.74, 6) is -0.873. The van der Waals surface area contributed by atoms with Gasteiger partial charge in [-0.25, -0.2) is 4.79 Å². The fourth-order valence-corrected chi connectivity index (χ4v) is 3.26. The zero-order valence-electron chi connectivity index (χ0n) is 16.7. The number of aromatic amines is 1. The van der Waals surface area contributed by atoms with Gasteiger partial charge in [-0.3, -0.25) is 9.89 Å². The molecule has 1 aromatic heterocycles. The molecule has 0 aliphatic heterocycles. The summed E-state index contributed by atoms with van der Waals surface area (Å²) in [5.41, 5.74) is 11.1. The van der Waals surface area contributed by atoms with Crippen LogP contribution in [0.3, 0.4) is 0 Å². The molecule has 3 aromatic rings. The first-order valence-electron chi connectivity index (χ1n) is 9.65. The van der Waals surface area contributed by atoms with Gasteiger partial charge in [0, 0.05) is 6.42 Å². The molecule has 0 saturated heterocycles. The predicted molar refractivity (Wildman–Crippen MR) is 111 cm³/mol. The van der Waals surface area contributed by atoms with Crippen molar-refractivity contribution in [1.29, 1.82) is 0 Å². The lowest BCUT2D eigenvalue weighted by Crippen LogP contribution is -2.15. The Morgan fingerprint density at radius 1 is 1.07 bits per heavy atom. The number of hydrogen-bond donors (Lipinski definition) is 2. The molecular weight excluding hydrogens is 366 g/mol. The molecule has 0 bridgehead atoms. The van der Waals surface area contributed by atoms with Crippen molar-refractivity contribution in [2.45, 2.75) is 33.1 Å². The molecule has 0 atom stereocenters. The fourth-order valence-electron chi connectivity index (χ4n) is 3.26. The third-order valence-electron chi connectivity index (χ3n) is 4.75. The van der Waals surface area contributed by atoms with Crippen molar-refractivity contribution >= 4 is 11.9 Å². The third-order valence-corrected chi connectivity index (χ3v) is 4.75. The highest BCUT2D eigenvalue weighted by Gasteiger charge is 2.19. The molecule has 6 nitrogen and oxygen atoms in total. The van der Waals surface area contributed by atoms with Crippen LogP contribution >= 0.6 is 0 Å². The maximum atomic E-state index is 12.1. The number of carbonyl (C=O) groups is 2. The number of amides is 1. The Kier molecular flexibility index (Phi) is 6.44. The van der Waals surface area contributed by atoms with Crippen LogP contribution in [0.4, 0.5) is 0 Å². The number of esters is 1. The Balaban J connectivity index is 1.78. The highest BCUT2D eigenvalue weighted by atomic mass is 16.5. The summed E-state index contributed by atoms with van der Waals surface area (Å²) in [6.07, 6.45) is 1.80. The lowest BCUT2D eigenvalue weighted by atomic mass is 10.00. The minimum Gasteiger partial charge on any atom is -0.462 e. The van der Waals surface area contributed by atoms with Crippen LogP contribution in [-0.2, 0) is 24.0 Å². The summed E-state index contributed by atoms with van der Waals surface area (Å²) in [6, 6.07) is 15.4. The highest BCUT2D eigenvalue weighted by Crippen LogP contribution is 2.18. The number of nitrogens with one attached hydrogen (secondary N) is 1. The molecule has 2 aromatic carbocycles. The van der Waals surface area contributed by atoms with Crippen LogP contribution in [0.5, 0.6) is 0 Å². The molecule has 0 spiro atoms. The highest BCUT2D eigenvalue weighted by molar-refractivity contribution is 5.95. The van der Waals surface area contributed by atoms with Gasteiger partial charge >= 0.3 is 5.97 Å². The molecule has 1 amide bonds. The summed E-state index contributed by atoms with van der Waals surface area (Å²) in [5, 5.41) is 7.29. The molecule has 3 N–H and O–H groups in total. The molecule has 1 heterocycles. The lowest BCUT2D eigenvalue weighted by Gasteiger charge is -2.06. The van der Waals surface area contributed by atoms with E-state index in [1.54, 1.807) is 25.1 Å². The molecule has 0 radical (unpaired) electrons. The number of aromatic nitrogens is 2. The molecular formula is C23H25N3O3. The minimum absolute atomic E-state index is 0.319. The van der Waals surface area contributed by atoms with E-state index in [-0.39, 0.29) is 5.97 Å². The summed E-state index contributed by atoms with van der Waals surface area (Å²) in [6.45, 7) is 4.13. The smallest absolute Gasteiger partial charge is 0.338 e. The zero-order chi connectivity index (χ0) is 20.8. The quantitative estimate of drug-likeness (QED) is 0.575. The minimum atomic E-state index is -0.505. The molecule has 0 saturated carbocycles. The summed E-state index contributed by atoms with van der Waals surface area (Å²) >= 11 is 0. The first-order valence-corrected chi connectivity index (χ1v) is 9.65. The van der Waals surface area contributed by atoms with Crippen molar-refractivity contribution in [1.82, 2.24) is 10.2 Å². The number of rotatable bonds is 8. The summed E-state index contributed by atoms with van der Waals surface area (Å²) < 4.78 is 5.05. The molecule has 29 heavy (non-hydrogen) atoms. The van der Waals surface area contributed by atoms with E-state index in [1.807, 2.05) is 13.0 Å². The molecule has 0 aliphatic carbocycles. The molecule has 150 valence electrons. The van der Waals surface area contributed by atoms with E-state index in [0.29, 0.717) is 42.0 Å². The van der Waals surface area contributed by atoms with Gasteiger partial charge in [-0.1, -0.05) is 42.0 Å². The average Bonchev–Trinajstić information content (AvgIpc) is 3.10. The van der Waals surface area contributed by atoms with Gasteiger partial charge in [0.2, 0.25) is 0 Å². The van der Waals surface area contributed by atoms with E-state index in [1.165, 1.54) is 11.1 Å². The van der Waals surface area contributed by atoms with E-state index in [9.17, 15) is 9.59 Å². The van der Waals surface area contributed by atoms with Crippen LogP contribution in [0, 0.1) is 6.92 Å².